The standard InChI is InChI=1S/C12H18N2O4S2/c1-9-5-10(13)7-12(6-9)20(17,18)14-11-3-2-4-19(15,16)8-11/h5-7,11,14H,2-4,8,13H2,1H3. The third-order valence-electron chi connectivity index (χ3n) is 3.17. The first kappa shape index (κ1) is 15.3. The molecule has 1 aliphatic rings. The van der Waals surface area contributed by atoms with Crippen molar-refractivity contribution >= 4 is 25.5 Å². The summed E-state index contributed by atoms with van der Waals surface area (Å²) >= 11 is 0. The SMILES string of the molecule is Cc1cc(N)cc(S(=O)(=O)NC2CCCS(=O)(=O)C2)c1. The topological polar surface area (TPSA) is 106 Å². The summed E-state index contributed by atoms with van der Waals surface area (Å²) in [5.74, 6) is -0.0177. The van der Waals surface area contributed by atoms with Gasteiger partial charge in [0.2, 0.25) is 10.0 Å². The normalized spacial score (nSPS) is 22.6. The Bertz CT molecular complexity index is 691. The van der Waals surface area contributed by atoms with E-state index in [0.29, 0.717) is 18.5 Å². The Morgan fingerprint density at radius 3 is 2.60 bits per heavy atom. The molecule has 1 heterocycles. The molecule has 112 valence electrons. The minimum absolute atomic E-state index is 0.0676. The fourth-order valence-electron chi connectivity index (χ4n) is 2.33. The molecule has 1 aromatic carbocycles. The Balaban J connectivity index is 2.23. The summed E-state index contributed by atoms with van der Waals surface area (Å²) in [4.78, 5) is 0.0676. The molecule has 3 N–H and O–H groups in total. The molecule has 0 spiro atoms. The summed E-state index contributed by atoms with van der Waals surface area (Å²) in [6, 6.07) is 3.98. The maximum atomic E-state index is 12.3. The summed E-state index contributed by atoms with van der Waals surface area (Å²) in [6.45, 7) is 1.75. The molecule has 2 rings (SSSR count). The number of anilines is 1. The van der Waals surface area contributed by atoms with E-state index in [1.807, 2.05) is 0 Å². The second kappa shape index (κ2) is 5.34. The molecule has 6 nitrogen and oxygen atoms in total. The molecule has 1 fully saturated rings. The summed E-state index contributed by atoms with van der Waals surface area (Å²) < 4.78 is 50.0. The maximum absolute atomic E-state index is 12.3. The van der Waals surface area contributed by atoms with Crippen LogP contribution < -0.4 is 10.5 Å². The Hall–Kier alpha value is -1.12. The van der Waals surface area contributed by atoms with E-state index >= 15 is 0 Å². The van der Waals surface area contributed by atoms with E-state index in [0.717, 1.165) is 5.56 Å². The zero-order chi connectivity index (χ0) is 15.0. The molecule has 8 heteroatoms. The molecule has 0 saturated carbocycles. The van der Waals surface area contributed by atoms with Crippen molar-refractivity contribution in [2.45, 2.75) is 30.7 Å². The number of aryl methyl sites for hydroxylation is 1. The molecule has 1 saturated heterocycles. The molecule has 0 amide bonds. The van der Waals surface area contributed by atoms with E-state index in [-0.39, 0.29) is 16.4 Å². The summed E-state index contributed by atoms with van der Waals surface area (Å²) in [5.41, 5.74) is 6.74. The van der Waals surface area contributed by atoms with Crippen molar-refractivity contribution in [1.82, 2.24) is 4.72 Å². The number of sulfone groups is 1. The predicted molar refractivity (Wildman–Crippen MR) is 77.6 cm³/mol. The summed E-state index contributed by atoms with van der Waals surface area (Å²) in [5, 5.41) is 0. The smallest absolute Gasteiger partial charge is 0.240 e. The average molecular weight is 318 g/mol. The lowest BCUT2D eigenvalue weighted by Gasteiger charge is -2.23. The molecule has 0 aliphatic carbocycles. The van der Waals surface area contributed by atoms with Crippen LogP contribution in [0, 0.1) is 6.92 Å². The number of hydrogen-bond acceptors (Lipinski definition) is 5. The summed E-state index contributed by atoms with van der Waals surface area (Å²) in [6.07, 6.45) is 1.01. The molecule has 0 aromatic heterocycles. The van der Waals surface area contributed by atoms with Gasteiger partial charge in [0.25, 0.3) is 0 Å². The highest BCUT2D eigenvalue weighted by molar-refractivity contribution is 7.91. The van der Waals surface area contributed by atoms with Crippen molar-refractivity contribution < 1.29 is 16.8 Å². The van der Waals surface area contributed by atoms with Crippen molar-refractivity contribution in [2.24, 2.45) is 0 Å². The van der Waals surface area contributed by atoms with Gasteiger partial charge in [-0.25, -0.2) is 21.6 Å². The third kappa shape index (κ3) is 3.71. The van der Waals surface area contributed by atoms with Crippen LogP contribution in [0.4, 0.5) is 5.69 Å². The largest absolute Gasteiger partial charge is 0.399 e. The van der Waals surface area contributed by atoms with Gasteiger partial charge in [0.15, 0.2) is 9.84 Å². The first-order valence-corrected chi connectivity index (χ1v) is 9.58. The van der Waals surface area contributed by atoms with Gasteiger partial charge in [-0.1, -0.05) is 0 Å². The Kier molecular flexibility index (Phi) is 4.08. The van der Waals surface area contributed by atoms with Gasteiger partial charge in [0.05, 0.1) is 16.4 Å². The molecule has 1 atom stereocenters. The van der Waals surface area contributed by atoms with Gasteiger partial charge in [-0.2, -0.15) is 0 Å². The van der Waals surface area contributed by atoms with Crippen LogP contribution in [-0.4, -0.2) is 34.4 Å². The number of nitrogen functional groups attached to an aromatic ring is 1. The van der Waals surface area contributed by atoms with Gasteiger partial charge in [-0.15, -0.1) is 0 Å². The van der Waals surface area contributed by atoms with Crippen molar-refractivity contribution in [3.63, 3.8) is 0 Å². The molecular weight excluding hydrogens is 300 g/mol. The number of nitrogens with two attached hydrogens (primary N) is 1. The number of rotatable bonds is 3. The van der Waals surface area contributed by atoms with Crippen LogP contribution in [-0.2, 0) is 19.9 Å². The lowest BCUT2D eigenvalue weighted by atomic mass is 10.2. The minimum atomic E-state index is -3.75. The van der Waals surface area contributed by atoms with E-state index < -0.39 is 25.9 Å². The van der Waals surface area contributed by atoms with E-state index in [9.17, 15) is 16.8 Å². The van der Waals surface area contributed by atoms with E-state index in [1.54, 1.807) is 13.0 Å². The van der Waals surface area contributed by atoms with Crippen LogP contribution in [0.2, 0.25) is 0 Å². The summed E-state index contributed by atoms with van der Waals surface area (Å²) in [7, 11) is -6.90. The van der Waals surface area contributed by atoms with Crippen LogP contribution in [0.5, 0.6) is 0 Å². The molecule has 0 bridgehead atoms. The van der Waals surface area contributed by atoms with Crippen molar-refractivity contribution in [3.8, 4) is 0 Å². The Morgan fingerprint density at radius 1 is 1.30 bits per heavy atom. The first-order chi connectivity index (χ1) is 9.18. The monoisotopic (exact) mass is 318 g/mol. The highest BCUT2D eigenvalue weighted by Gasteiger charge is 2.28. The third-order valence-corrected chi connectivity index (χ3v) is 6.49. The van der Waals surface area contributed by atoms with E-state index in [1.165, 1.54) is 12.1 Å². The number of sulfonamides is 1. The maximum Gasteiger partial charge on any atom is 0.240 e. The first-order valence-electron chi connectivity index (χ1n) is 6.28. The lowest BCUT2D eigenvalue weighted by Crippen LogP contribution is -2.43. The minimum Gasteiger partial charge on any atom is -0.399 e. The van der Waals surface area contributed by atoms with Gasteiger partial charge in [0, 0.05) is 11.7 Å². The van der Waals surface area contributed by atoms with Crippen molar-refractivity contribution in [2.75, 3.05) is 17.2 Å². The molecule has 0 radical (unpaired) electrons. The Labute approximate surface area is 119 Å². The number of hydrogen-bond donors (Lipinski definition) is 2. The van der Waals surface area contributed by atoms with Crippen molar-refractivity contribution in [1.29, 1.82) is 0 Å². The van der Waals surface area contributed by atoms with Gasteiger partial charge < -0.3 is 5.73 Å². The zero-order valence-corrected chi connectivity index (χ0v) is 12.8. The second-order valence-electron chi connectivity index (χ2n) is 5.15. The Morgan fingerprint density at radius 2 is 2.00 bits per heavy atom. The van der Waals surface area contributed by atoms with Gasteiger partial charge in [0.1, 0.15) is 0 Å². The lowest BCUT2D eigenvalue weighted by molar-refractivity contribution is 0.517. The number of nitrogens with one attached hydrogen (secondary N) is 1. The molecular formula is C12H18N2O4S2. The second-order valence-corrected chi connectivity index (χ2v) is 9.10. The van der Waals surface area contributed by atoms with Gasteiger partial charge >= 0.3 is 0 Å². The van der Waals surface area contributed by atoms with Crippen LogP contribution in [0.1, 0.15) is 18.4 Å². The van der Waals surface area contributed by atoms with Crippen LogP contribution >= 0.6 is 0 Å². The average Bonchev–Trinajstić information content (AvgIpc) is 2.25. The van der Waals surface area contributed by atoms with Crippen LogP contribution in [0.15, 0.2) is 23.1 Å². The fraction of sp³-hybridized carbons (Fsp3) is 0.500. The quantitative estimate of drug-likeness (QED) is 0.786. The fourth-order valence-corrected chi connectivity index (χ4v) is 5.49. The molecule has 1 unspecified atom stereocenters. The molecule has 1 aromatic rings. The van der Waals surface area contributed by atoms with E-state index in [4.69, 9.17) is 5.73 Å². The number of benzene rings is 1. The predicted octanol–water partition coefficient (Wildman–Crippen LogP) is 0.433. The molecule has 20 heavy (non-hydrogen) atoms. The molecule has 1 aliphatic heterocycles. The highest BCUT2D eigenvalue weighted by atomic mass is 32.2. The van der Waals surface area contributed by atoms with Crippen molar-refractivity contribution in [3.05, 3.63) is 23.8 Å². The highest BCUT2D eigenvalue weighted by Crippen LogP contribution is 2.19. The van der Waals surface area contributed by atoms with Gasteiger partial charge in [-0.3, -0.25) is 0 Å². The van der Waals surface area contributed by atoms with Gasteiger partial charge in [-0.05, 0) is 43.5 Å². The van der Waals surface area contributed by atoms with E-state index in [2.05, 4.69) is 4.72 Å². The zero-order valence-electron chi connectivity index (χ0n) is 11.2. The van der Waals surface area contributed by atoms with Crippen LogP contribution in [0.3, 0.4) is 0 Å². The van der Waals surface area contributed by atoms with Crippen LogP contribution in [0.25, 0.3) is 0 Å².